The molecule has 1 aromatic heterocycles. The molecule has 0 spiro atoms. The average Bonchev–Trinajstić information content (AvgIpc) is 3.17. The van der Waals surface area contributed by atoms with Gasteiger partial charge >= 0.3 is 0 Å². The zero-order valence-electron chi connectivity index (χ0n) is 16.0. The van der Waals surface area contributed by atoms with Gasteiger partial charge in [-0.1, -0.05) is 41.9 Å². The number of nitrogens with one attached hydrogen (secondary N) is 1. The van der Waals surface area contributed by atoms with Crippen LogP contribution >= 0.6 is 11.6 Å². The summed E-state index contributed by atoms with van der Waals surface area (Å²) >= 11 is 5.97. The van der Waals surface area contributed by atoms with Crippen LogP contribution in [-0.2, 0) is 10.0 Å². The van der Waals surface area contributed by atoms with Gasteiger partial charge < -0.3 is 14.4 Å². The van der Waals surface area contributed by atoms with Gasteiger partial charge in [-0.2, -0.15) is 4.72 Å². The van der Waals surface area contributed by atoms with Crippen LogP contribution in [0.5, 0.6) is 0 Å². The molecule has 154 valence electrons. The van der Waals surface area contributed by atoms with Gasteiger partial charge in [0.2, 0.25) is 10.0 Å². The van der Waals surface area contributed by atoms with Crippen molar-refractivity contribution in [1.82, 2.24) is 4.72 Å². The van der Waals surface area contributed by atoms with Gasteiger partial charge in [-0.3, -0.25) is 0 Å². The van der Waals surface area contributed by atoms with Crippen LogP contribution in [-0.4, -0.2) is 20.6 Å². The number of sulfonamides is 1. The summed E-state index contributed by atoms with van der Waals surface area (Å²) < 4.78 is 33.0. The summed E-state index contributed by atoms with van der Waals surface area (Å²) in [4.78, 5) is 1.88. The van der Waals surface area contributed by atoms with Crippen LogP contribution in [0.4, 0.5) is 11.4 Å². The number of para-hydroxylation sites is 1. The van der Waals surface area contributed by atoms with Crippen molar-refractivity contribution < 1.29 is 17.9 Å². The largest absolute Gasteiger partial charge is 0.457 e. The Morgan fingerprint density at radius 2 is 1.67 bits per heavy atom. The van der Waals surface area contributed by atoms with E-state index in [2.05, 4.69) is 4.72 Å². The highest BCUT2D eigenvalue weighted by atomic mass is 35.5. The number of halogens is 1. The molecule has 0 saturated heterocycles. The number of hydrogen-bond donors (Lipinski definition) is 2. The van der Waals surface area contributed by atoms with E-state index in [1.807, 2.05) is 60.5 Å². The van der Waals surface area contributed by atoms with E-state index in [1.165, 1.54) is 12.1 Å². The SMILES string of the molecule is CN(c1ccccc1)c1ccc2cc(C(O)NS(=O)(=O)c3ccccc3Cl)oc2c1. The lowest BCUT2D eigenvalue weighted by Crippen LogP contribution is -2.28. The minimum atomic E-state index is -4.03. The third-order valence-corrected chi connectivity index (χ3v) is 6.63. The predicted octanol–water partition coefficient (Wildman–Crippen LogP) is 4.82. The third-order valence-electron chi connectivity index (χ3n) is 4.72. The van der Waals surface area contributed by atoms with Crippen LogP contribution in [0.25, 0.3) is 11.0 Å². The Bertz CT molecular complexity index is 1290. The van der Waals surface area contributed by atoms with Gasteiger partial charge in [0.05, 0.1) is 5.02 Å². The molecule has 0 saturated carbocycles. The lowest BCUT2D eigenvalue weighted by atomic mass is 10.2. The first-order valence-corrected chi connectivity index (χ1v) is 11.0. The van der Waals surface area contributed by atoms with Crippen LogP contribution in [0.1, 0.15) is 12.0 Å². The Balaban J connectivity index is 1.60. The van der Waals surface area contributed by atoms with E-state index in [9.17, 15) is 13.5 Å². The quantitative estimate of drug-likeness (QED) is 0.418. The van der Waals surface area contributed by atoms with E-state index < -0.39 is 16.3 Å². The van der Waals surface area contributed by atoms with Crippen molar-refractivity contribution in [2.24, 2.45) is 0 Å². The molecule has 1 unspecified atom stereocenters. The van der Waals surface area contributed by atoms with E-state index >= 15 is 0 Å². The van der Waals surface area contributed by atoms with Crippen molar-refractivity contribution in [3.8, 4) is 0 Å². The summed E-state index contributed by atoms with van der Waals surface area (Å²) in [6, 6.07) is 23.1. The first-order chi connectivity index (χ1) is 14.3. The number of fused-ring (bicyclic) bond motifs is 1. The maximum atomic E-state index is 12.5. The lowest BCUT2D eigenvalue weighted by Gasteiger charge is -2.19. The summed E-state index contributed by atoms with van der Waals surface area (Å²) in [5.41, 5.74) is 2.43. The Kier molecular flexibility index (Phi) is 5.53. The molecule has 6 nitrogen and oxygen atoms in total. The van der Waals surface area contributed by atoms with E-state index in [0.717, 1.165) is 16.8 Å². The summed E-state index contributed by atoms with van der Waals surface area (Å²) in [6.07, 6.45) is -1.56. The Morgan fingerprint density at radius 1 is 0.967 bits per heavy atom. The standard InChI is InChI=1S/C22H19ClN2O4S/c1-25(16-7-3-2-4-8-16)17-12-11-15-13-20(29-19(15)14-17)22(26)24-30(27,28)21-10-6-5-9-18(21)23/h2-14,22,24,26H,1H3. The van der Waals surface area contributed by atoms with Gasteiger partial charge in [0.15, 0.2) is 6.23 Å². The van der Waals surface area contributed by atoms with E-state index in [-0.39, 0.29) is 15.7 Å². The summed E-state index contributed by atoms with van der Waals surface area (Å²) in [7, 11) is -2.10. The molecule has 3 aromatic carbocycles. The van der Waals surface area contributed by atoms with E-state index in [1.54, 1.807) is 18.2 Å². The number of hydrogen-bond acceptors (Lipinski definition) is 5. The average molecular weight is 443 g/mol. The zero-order valence-corrected chi connectivity index (χ0v) is 17.6. The second kappa shape index (κ2) is 8.12. The molecular formula is C22H19ClN2O4S. The molecular weight excluding hydrogens is 424 g/mol. The molecule has 0 radical (unpaired) electrons. The molecule has 1 heterocycles. The maximum absolute atomic E-state index is 12.5. The van der Waals surface area contributed by atoms with Crippen molar-refractivity contribution in [2.45, 2.75) is 11.1 Å². The topological polar surface area (TPSA) is 82.8 Å². The van der Waals surface area contributed by atoms with Crippen LogP contribution in [0.2, 0.25) is 5.02 Å². The van der Waals surface area contributed by atoms with Crippen LogP contribution in [0, 0.1) is 0 Å². The van der Waals surface area contributed by atoms with Gasteiger partial charge in [-0.25, -0.2) is 8.42 Å². The number of furan rings is 1. The third kappa shape index (κ3) is 4.06. The Morgan fingerprint density at radius 3 is 2.40 bits per heavy atom. The van der Waals surface area contributed by atoms with Crippen molar-refractivity contribution >= 4 is 44.0 Å². The molecule has 0 aliphatic heterocycles. The van der Waals surface area contributed by atoms with Crippen LogP contribution in [0.15, 0.2) is 88.2 Å². The maximum Gasteiger partial charge on any atom is 0.244 e. The molecule has 4 aromatic rings. The number of nitrogens with zero attached hydrogens (tertiary/aromatic N) is 1. The monoisotopic (exact) mass is 442 g/mol. The van der Waals surface area contributed by atoms with Crippen molar-refractivity contribution in [3.63, 3.8) is 0 Å². The fourth-order valence-corrected chi connectivity index (χ4v) is 4.68. The fraction of sp³-hybridized carbons (Fsp3) is 0.0909. The first kappa shape index (κ1) is 20.4. The number of anilines is 2. The molecule has 8 heteroatoms. The summed E-state index contributed by atoms with van der Waals surface area (Å²) in [5, 5.41) is 11.2. The van der Waals surface area contributed by atoms with E-state index in [0.29, 0.717) is 5.58 Å². The zero-order chi connectivity index (χ0) is 21.3. The number of benzene rings is 3. The van der Waals surface area contributed by atoms with Crippen LogP contribution < -0.4 is 9.62 Å². The smallest absolute Gasteiger partial charge is 0.244 e. The Labute approximate surface area is 179 Å². The Hall–Kier alpha value is -2.84. The number of rotatable bonds is 6. The molecule has 1 atom stereocenters. The predicted molar refractivity (Wildman–Crippen MR) is 117 cm³/mol. The molecule has 4 rings (SSSR count). The van der Waals surface area contributed by atoms with Gasteiger partial charge in [-0.05, 0) is 42.5 Å². The van der Waals surface area contributed by atoms with E-state index in [4.69, 9.17) is 16.0 Å². The van der Waals surface area contributed by atoms with Gasteiger partial charge in [0, 0.05) is 29.9 Å². The minimum Gasteiger partial charge on any atom is -0.457 e. The van der Waals surface area contributed by atoms with Crippen molar-refractivity contribution in [3.05, 3.63) is 89.6 Å². The second-order valence-electron chi connectivity index (χ2n) is 6.72. The summed E-state index contributed by atoms with van der Waals surface area (Å²) in [5.74, 6) is 0.0835. The van der Waals surface area contributed by atoms with Gasteiger partial charge in [0.25, 0.3) is 0 Å². The first-order valence-electron chi connectivity index (χ1n) is 9.12. The fourth-order valence-electron chi connectivity index (χ4n) is 3.12. The highest BCUT2D eigenvalue weighted by Crippen LogP contribution is 2.30. The minimum absolute atomic E-state index is 0.0652. The lowest BCUT2D eigenvalue weighted by molar-refractivity contribution is 0.141. The molecule has 0 amide bonds. The normalized spacial score (nSPS) is 12.8. The molecule has 0 bridgehead atoms. The summed E-state index contributed by atoms with van der Waals surface area (Å²) in [6.45, 7) is 0. The highest BCUT2D eigenvalue weighted by molar-refractivity contribution is 7.89. The number of aliphatic hydroxyl groups excluding tert-OH is 1. The molecule has 2 N–H and O–H groups in total. The molecule has 0 fully saturated rings. The molecule has 0 aliphatic rings. The number of aliphatic hydroxyl groups is 1. The molecule has 30 heavy (non-hydrogen) atoms. The second-order valence-corrected chi connectivity index (χ2v) is 8.81. The molecule has 0 aliphatic carbocycles. The van der Waals surface area contributed by atoms with Gasteiger partial charge in [-0.15, -0.1) is 0 Å². The highest BCUT2D eigenvalue weighted by Gasteiger charge is 2.24. The van der Waals surface area contributed by atoms with Gasteiger partial charge in [0.1, 0.15) is 16.2 Å². The van der Waals surface area contributed by atoms with Crippen LogP contribution in [0.3, 0.4) is 0 Å². The van der Waals surface area contributed by atoms with Crippen molar-refractivity contribution in [1.29, 1.82) is 0 Å². The van der Waals surface area contributed by atoms with Crippen molar-refractivity contribution in [2.75, 3.05) is 11.9 Å².